The zero-order chi connectivity index (χ0) is 24.2. The van der Waals surface area contributed by atoms with Crippen molar-refractivity contribution in [3.05, 3.63) is 41.2 Å². The van der Waals surface area contributed by atoms with Gasteiger partial charge in [-0.2, -0.15) is 10.1 Å². The molecule has 2 heterocycles. The van der Waals surface area contributed by atoms with Gasteiger partial charge >= 0.3 is 12.1 Å². The Morgan fingerprint density at radius 3 is 2.58 bits per heavy atom. The van der Waals surface area contributed by atoms with E-state index in [1.807, 2.05) is 20.8 Å². The van der Waals surface area contributed by atoms with E-state index in [9.17, 15) is 18.4 Å². The van der Waals surface area contributed by atoms with Gasteiger partial charge in [0.1, 0.15) is 5.60 Å². The Morgan fingerprint density at radius 2 is 1.91 bits per heavy atom. The first-order valence-electron chi connectivity index (χ1n) is 10.9. The van der Waals surface area contributed by atoms with Crippen LogP contribution in [0, 0.1) is 11.6 Å². The first-order chi connectivity index (χ1) is 15.5. The largest absolute Gasteiger partial charge is 0.444 e. The minimum atomic E-state index is -0.916. The fraction of sp³-hybridized carbons (Fsp3) is 0.545. The van der Waals surface area contributed by atoms with E-state index < -0.39 is 23.3 Å². The van der Waals surface area contributed by atoms with Crippen LogP contribution in [-0.4, -0.2) is 57.0 Å². The van der Waals surface area contributed by atoms with Crippen molar-refractivity contribution in [2.45, 2.75) is 51.6 Å². The summed E-state index contributed by atoms with van der Waals surface area (Å²) in [4.78, 5) is 30.5. The lowest BCUT2D eigenvalue weighted by molar-refractivity contribution is 0.0203. The van der Waals surface area contributed by atoms with Gasteiger partial charge in [0.15, 0.2) is 17.5 Å². The highest BCUT2D eigenvalue weighted by Gasteiger charge is 2.29. The molecule has 1 aromatic heterocycles. The number of hydrogen-bond donors (Lipinski definition) is 2. The molecule has 0 atom stereocenters. The van der Waals surface area contributed by atoms with Crippen LogP contribution in [0.25, 0.3) is 0 Å². The number of likely N-dealkylation sites (tertiary alicyclic amines) is 1. The number of rotatable bonds is 5. The molecule has 0 unspecified atom stereocenters. The third-order valence-corrected chi connectivity index (χ3v) is 5.23. The Balaban J connectivity index is 1.48. The number of carbonyl (C=O) groups is 2. The number of carbonyl (C=O) groups excluding carboxylic acids is 2. The molecule has 1 aliphatic heterocycles. The summed E-state index contributed by atoms with van der Waals surface area (Å²) in [5.74, 6) is -0.896. The summed E-state index contributed by atoms with van der Waals surface area (Å²) in [6, 6.07) is 3.42. The molecule has 3 rings (SSSR count). The van der Waals surface area contributed by atoms with Crippen molar-refractivity contribution in [1.82, 2.24) is 25.0 Å². The smallest absolute Gasteiger partial charge is 0.410 e. The van der Waals surface area contributed by atoms with Crippen molar-refractivity contribution < 1.29 is 23.1 Å². The van der Waals surface area contributed by atoms with E-state index in [2.05, 4.69) is 20.7 Å². The molecule has 33 heavy (non-hydrogen) atoms. The quantitative estimate of drug-likeness (QED) is 0.705. The van der Waals surface area contributed by atoms with Gasteiger partial charge in [0.05, 0.1) is 0 Å². The van der Waals surface area contributed by atoms with Crippen molar-refractivity contribution in [3.8, 4) is 0 Å². The summed E-state index contributed by atoms with van der Waals surface area (Å²) in [6.45, 7) is 6.70. The van der Waals surface area contributed by atoms with Crippen LogP contribution in [0.5, 0.6) is 0 Å². The van der Waals surface area contributed by atoms with Crippen molar-refractivity contribution >= 4 is 18.1 Å². The number of urea groups is 1. The molecule has 0 bridgehead atoms. The molecule has 0 radical (unpaired) electrons. The zero-order valence-corrected chi connectivity index (χ0v) is 19.3. The number of ether oxygens (including phenoxy) is 1. The Bertz CT molecular complexity index is 997. The van der Waals surface area contributed by atoms with Crippen LogP contribution in [0.4, 0.5) is 24.3 Å². The first kappa shape index (κ1) is 24.4. The molecule has 0 aliphatic carbocycles. The molecule has 11 heteroatoms. The zero-order valence-electron chi connectivity index (χ0n) is 19.3. The first-order valence-corrected chi connectivity index (χ1v) is 10.9. The fourth-order valence-electron chi connectivity index (χ4n) is 3.53. The maximum Gasteiger partial charge on any atom is 0.410 e. The Morgan fingerprint density at radius 1 is 1.21 bits per heavy atom. The third-order valence-electron chi connectivity index (χ3n) is 5.23. The van der Waals surface area contributed by atoms with Gasteiger partial charge in [-0.15, -0.1) is 0 Å². The number of nitrogens with one attached hydrogen (secondary N) is 2. The molecule has 1 aliphatic rings. The van der Waals surface area contributed by atoms with Crippen molar-refractivity contribution in [3.63, 3.8) is 0 Å². The Hall–Kier alpha value is -3.24. The summed E-state index contributed by atoms with van der Waals surface area (Å²) in [5.41, 5.74) is -0.350. The molecular formula is C22H30F2N6O3. The van der Waals surface area contributed by atoms with Crippen LogP contribution in [0.1, 0.15) is 50.9 Å². The lowest BCUT2D eigenvalue weighted by Crippen LogP contribution is -2.41. The summed E-state index contributed by atoms with van der Waals surface area (Å²) < 4.78 is 33.8. The number of anilines is 1. The van der Waals surface area contributed by atoms with E-state index in [0.717, 1.165) is 6.07 Å². The second-order valence-electron chi connectivity index (χ2n) is 9.00. The molecule has 1 aromatic carbocycles. The monoisotopic (exact) mass is 464 g/mol. The van der Waals surface area contributed by atoms with Gasteiger partial charge in [-0.25, -0.2) is 23.1 Å². The number of amides is 3. The second-order valence-corrected chi connectivity index (χ2v) is 9.00. The molecule has 9 nitrogen and oxygen atoms in total. The maximum atomic E-state index is 13.7. The fourth-order valence-corrected chi connectivity index (χ4v) is 3.53. The van der Waals surface area contributed by atoms with Gasteiger partial charge < -0.3 is 15.0 Å². The predicted octanol–water partition coefficient (Wildman–Crippen LogP) is 3.57. The van der Waals surface area contributed by atoms with E-state index in [1.54, 1.807) is 11.9 Å². The summed E-state index contributed by atoms with van der Waals surface area (Å²) in [5, 5.41) is 9.63. The molecule has 2 N–H and O–H groups in total. The second kappa shape index (κ2) is 10.1. The van der Waals surface area contributed by atoms with Gasteiger partial charge in [0.2, 0.25) is 5.95 Å². The van der Waals surface area contributed by atoms with Gasteiger partial charge in [-0.1, -0.05) is 12.1 Å². The number of halogens is 2. The summed E-state index contributed by atoms with van der Waals surface area (Å²) >= 11 is 0. The average Bonchev–Trinajstić information content (AvgIpc) is 3.10. The van der Waals surface area contributed by atoms with E-state index in [1.165, 1.54) is 16.8 Å². The van der Waals surface area contributed by atoms with Crippen LogP contribution >= 0.6 is 0 Å². The molecular weight excluding hydrogens is 434 g/mol. The van der Waals surface area contributed by atoms with Gasteiger partial charge in [0, 0.05) is 32.6 Å². The third kappa shape index (κ3) is 6.62. The number of aromatic nitrogens is 3. The minimum Gasteiger partial charge on any atom is -0.444 e. The highest BCUT2D eigenvalue weighted by molar-refractivity contribution is 5.87. The standard InChI is InChI=1S/C22H30F2N6O3/c1-22(2,3)33-21(32)30-12-9-15(10-13-30)18-26-19(29(4)28-18)27-20(31)25-11-8-14-6-5-7-16(23)17(14)24/h5-7,15H,8-13H2,1-4H3,(H2,25,26,27,28,31). The van der Waals surface area contributed by atoms with Crippen LogP contribution in [0.2, 0.25) is 0 Å². The number of nitrogens with zero attached hydrogens (tertiary/aromatic N) is 4. The molecule has 180 valence electrons. The number of benzene rings is 1. The topological polar surface area (TPSA) is 101 Å². The maximum absolute atomic E-state index is 13.7. The molecule has 0 spiro atoms. The van der Waals surface area contributed by atoms with E-state index >= 15 is 0 Å². The van der Waals surface area contributed by atoms with Gasteiger partial charge in [-0.3, -0.25) is 5.32 Å². The van der Waals surface area contributed by atoms with Crippen molar-refractivity contribution in [2.24, 2.45) is 7.05 Å². The number of piperidine rings is 1. The van der Waals surface area contributed by atoms with Crippen LogP contribution in [0.3, 0.4) is 0 Å². The van der Waals surface area contributed by atoms with Crippen LogP contribution in [0.15, 0.2) is 18.2 Å². The van der Waals surface area contributed by atoms with E-state index in [4.69, 9.17) is 4.74 Å². The highest BCUT2D eigenvalue weighted by atomic mass is 19.2. The summed E-state index contributed by atoms with van der Waals surface area (Å²) in [7, 11) is 1.67. The Kier molecular flexibility index (Phi) is 7.50. The Labute approximate surface area is 191 Å². The van der Waals surface area contributed by atoms with Crippen LogP contribution < -0.4 is 10.6 Å². The lowest BCUT2D eigenvalue weighted by Gasteiger charge is -2.32. The normalized spacial score (nSPS) is 14.8. The van der Waals surface area contributed by atoms with Crippen molar-refractivity contribution in [2.75, 3.05) is 25.0 Å². The molecule has 2 aromatic rings. The molecule has 3 amide bonds. The molecule has 1 fully saturated rings. The van der Waals surface area contributed by atoms with E-state index in [-0.39, 0.29) is 36.5 Å². The summed E-state index contributed by atoms with van der Waals surface area (Å²) in [6.07, 6.45) is 1.20. The minimum absolute atomic E-state index is 0.0597. The van der Waals surface area contributed by atoms with Gasteiger partial charge in [0.25, 0.3) is 0 Å². The lowest BCUT2D eigenvalue weighted by atomic mass is 9.96. The van der Waals surface area contributed by atoms with Gasteiger partial charge in [-0.05, 0) is 51.7 Å². The average molecular weight is 465 g/mol. The highest BCUT2D eigenvalue weighted by Crippen LogP contribution is 2.27. The SMILES string of the molecule is Cn1nc(C2CCN(C(=O)OC(C)(C)C)CC2)nc1NC(=O)NCCc1cccc(F)c1F. The number of hydrogen-bond acceptors (Lipinski definition) is 5. The van der Waals surface area contributed by atoms with Crippen molar-refractivity contribution in [1.29, 1.82) is 0 Å². The number of aryl methyl sites for hydroxylation is 1. The predicted molar refractivity (Wildman–Crippen MR) is 118 cm³/mol. The van der Waals surface area contributed by atoms with Crippen LogP contribution in [-0.2, 0) is 18.2 Å². The molecule has 0 saturated carbocycles. The van der Waals surface area contributed by atoms with E-state index in [0.29, 0.717) is 31.8 Å². The molecule has 1 saturated heterocycles.